The fourth-order valence-electron chi connectivity index (χ4n) is 2.98. The van der Waals surface area contributed by atoms with E-state index in [1.807, 2.05) is 12.3 Å². The van der Waals surface area contributed by atoms with Gasteiger partial charge in [-0.2, -0.15) is 0 Å². The van der Waals surface area contributed by atoms with E-state index in [-0.39, 0.29) is 0 Å². The number of hydrogen-bond acceptors (Lipinski definition) is 4. The molecule has 2 aromatic rings. The molecular formula is C15H22N4O. The average molecular weight is 274 g/mol. The third kappa shape index (κ3) is 2.69. The Morgan fingerprint density at radius 1 is 1.40 bits per heavy atom. The maximum atomic E-state index is 5.16. The summed E-state index contributed by atoms with van der Waals surface area (Å²) < 4.78 is 7.53. The van der Waals surface area contributed by atoms with Gasteiger partial charge in [0.05, 0.1) is 0 Å². The number of aryl methyl sites for hydroxylation is 1. The van der Waals surface area contributed by atoms with Crippen LogP contribution in [0.2, 0.25) is 0 Å². The minimum Gasteiger partial charge on any atom is -0.385 e. The van der Waals surface area contributed by atoms with Gasteiger partial charge in [-0.05, 0) is 44.5 Å². The zero-order valence-electron chi connectivity index (χ0n) is 12.0. The molecule has 1 saturated heterocycles. The summed E-state index contributed by atoms with van der Waals surface area (Å²) in [6.07, 6.45) is 6.12. The molecule has 0 atom stereocenters. The van der Waals surface area contributed by atoms with Gasteiger partial charge in [-0.25, -0.2) is 9.97 Å². The normalized spacial score (nSPS) is 16.9. The smallest absolute Gasteiger partial charge is 0.160 e. The van der Waals surface area contributed by atoms with Crippen molar-refractivity contribution in [2.75, 3.05) is 26.8 Å². The van der Waals surface area contributed by atoms with Gasteiger partial charge >= 0.3 is 0 Å². The first-order valence-corrected chi connectivity index (χ1v) is 7.41. The van der Waals surface area contributed by atoms with Crippen LogP contribution in [0.3, 0.4) is 0 Å². The summed E-state index contributed by atoms with van der Waals surface area (Å²) in [6, 6.07) is 4.54. The van der Waals surface area contributed by atoms with Gasteiger partial charge in [0.15, 0.2) is 5.65 Å². The lowest BCUT2D eigenvalue weighted by atomic mass is 10.1. The van der Waals surface area contributed by atoms with Crippen LogP contribution in [-0.4, -0.2) is 41.3 Å². The number of ether oxygens (including phenoxy) is 1. The molecule has 0 bridgehead atoms. The van der Waals surface area contributed by atoms with E-state index in [4.69, 9.17) is 9.72 Å². The molecule has 2 aromatic heterocycles. The summed E-state index contributed by atoms with van der Waals surface area (Å²) in [4.78, 5) is 9.34. The van der Waals surface area contributed by atoms with E-state index in [1.54, 1.807) is 7.11 Å². The van der Waals surface area contributed by atoms with E-state index in [1.165, 1.54) is 0 Å². The van der Waals surface area contributed by atoms with Crippen molar-refractivity contribution in [3.63, 3.8) is 0 Å². The molecule has 108 valence electrons. The standard InChI is InChI=1S/C15H22N4O/c1-20-11-3-5-14-18-13-4-2-8-17-15(13)19(14)12-6-9-16-10-7-12/h2,4,8,12,16H,3,5-7,9-11H2,1H3. The van der Waals surface area contributed by atoms with Gasteiger partial charge in [-0.15, -0.1) is 0 Å². The van der Waals surface area contributed by atoms with Crippen LogP contribution in [-0.2, 0) is 11.2 Å². The van der Waals surface area contributed by atoms with Gasteiger partial charge in [-0.3, -0.25) is 0 Å². The molecule has 0 amide bonds. The van der Waals surface area contributed by atoms with Crippen molar-refractivity contribution < 1.29 is 4.74 Å². The van der Waals surface area contributed by atoms with Crippen molar-refractivity contribution >= 4 is 11.2 Å². The second-order valence-corrected chi connectivity index (χ2v) is 5.32. The molecular weight excluding hydrogens is 252 g/mol. The van der Waals surface area contributed by atoms with Crippen molar-refractivity contribution in [2.24, 2.45) is 0 Å². The topological polar surface area (TPSA) is 52.0 Å². The highest BCUT2D eigenvalue weighted by molar-refractivity contribution is 5.71. The van der Waals surface area contributed by atoms with E-state index in [9.17, 15) is 0 Å². The van der Waals surface area contributed by atoms with Crippen LogP contribution in [0, 0.1) is 0 Å². The van der Waals surface area contributed by atoms with Crippen LogP contribution in [0.1, 0.15) is 31.1 Å². The Balaban J connectivity index is 1.94. The zero-order chi connectivity index (χ0) is 13.8. The fraction of sp³-hybridized carbons (Fsp3) is 0.600. The Labute approximate surface area is 119 Å². The van der Waals surface area contributed by atoms with Crippen molar-refractivity contribution in [2.45, 2.75) is 31.7 Å². The Hall–Kier alpha value is -1.46. The first-order valence-electron chi connectivity index (χ1n) is 7.41. The average Bonchev–Trinajstić information content (AvgIpc) is 2.86. The molecule has 0 spiro atoms. The fourth-order valence-corrected chi connectivity index (χ4v) is 2.98. The second-order valence-electron chi connectivity index (χ2n) is 5.32. The molecule has 3 rings (SSSR count). The number of fused-ring (bicyclic) bond motifs is 1. The summed E-state index contributed by atoms with van der Waals surface area (Å²) in [5.41, 5.74) is 2.05. The predicted molar refractivity (Wildman–Crippen MR) is 78.9 cm³/mol. The number of piperidine rings is 1. The monoisotopic (exact) mass is 274 g/mol. The largest absolute Gasteiger partial charge is 0.385 e. The van der Waals surface area contributed by atoms with Crippen molar-refractivity contribution in [3.8, 4) is 0 Å². The predicted octanol–water partition coefficient (Wildman–Crippen LogP) is 1.93. The molecule has 0 aliphatic carbocycles. The lowest BCUT2D eigenvalue weighted by Gasteiger charge is -2.25. The summed E-state index contributed by atoms with van der Waals surface area (Å²) >= 11 is 0. The Kier molecular flexibility index (Phi) is 4.28. The molecule has 0 unspecified atom stereocenters. The van der Waals surface area contributed by atoms with Gasteiger partial charge in [-0.1, -0.05) is 0 Å². The number of methoxy groups -OCH3 is 1. The zero-order valence-corrected chi connectivity index (χ0v) is 12.0. The van der Waals surface area contributed by atoms with Crippen LogP contribution in [0.25, 0.3) is 11.2 Å². The van der Waals surface area contributed by atoms with Gasteiger partial charge < -0.3 is 14.6 Å². The maximum Gasteiger partial charge on any atom is 0.160 e. The maximum absolute atomic E-state index is 5.16. The van der Waals surface area contributed by atoms with E-state index < -0.39 is 0 Å². The lowest BCUT2D eigenvalue weighted by molar-refractivity contribution is 0.194. The molecule has 20 heavy (non-hydrogen) atoms. The first kappa shape index (κ1) is 13.5. The number of pyridine rings is 1. The third-order valence-electron chi connectivity index (χ3n) is 3.94. The third-order valence-corrected chi connectivity index (χ3v) is 3.94. The highest BCUT2D eigenvalue weighted by atomic mass is 16.5. The van der Waals surface area contributed by atoms with Crippen LogP contribution < -0.4 is 5.32 Å². The van der Waals surface area contributed by atoms with E-state index in [0.717, 1.165) is 62.4 Å². The molecule has 5 heteroatoms. The molecule has 5 nitrogen and oxygen atoms in total. The Morgan fingerprint density at radius 2 is 2.25 bits per heavy atom. The van der Waals surface area contributed by atoms with Gasteiger partial charge in [0.25, 0.3) is 0 Å². The van der Waals surface area contributed by atoms with E-state index in [2.05, 4.69) is 20.9 Å². The highest BCUT2D eigenvalue weighted by Gasteiger charge is 2.21. The second kappa shape index (κ2) is 6.33. The van der Waals surface area contributed by atoms with Crippen LogP contribution in [0.15, 0.2) is 18.3 Å². The SMILES string of the molecule is COCCCc1nc2cccnc2n1C1CCNCC1. The number of hydrogen-bond donors (Lipinski definition) is 1. The number of nitrogens with one attached hydrogen (secondary N) is 1. The first-order chi connectivity index (χ1) is 9.90. The Bertz CT molecular complexity index is 560. The molecule has 1 aliphatic rings. The summed E-state index contributed by atoms with van der Waals surface area (Å²) in [6.45, 7) is 2.94. The van der Waals surface area contributed by atoms with Gasteiger partial charge in [0.2, 0.25) is 0 Å². The lowest BCUT2D eigenvalue weighted by Crippen LogP contribution is -2.30. The number of imidazole rings is 1. The quantitative estimate of drug-likeness (QED) is 0.847. The van der Waals surface area contributed by atoms with Crippen molar-refractivity contribution in [1.82, 2.24) is 19.9 Å². The van der Waals surface area contributed by atoms with Gasteiger partial charge in [0, 0.05) is 32.4 Å². The van der Waals surface area contributed by atoms with Crippen molar-refractivity contribution in [1.29, 1.82) is 0 Å². The molecule has 0 radical (unpaired) electrons. The molecule has 1 aliphatic heterocycles. The van der Waals surface area contributed by atoms with Gasteiger partial charge in [0.1, 0.15) is 11.3 Å². The van der Waals surface area contributed by atoms with Crippen LogP contribution in [0.5, 0.6) is 0 Å². The number of aromatic nitrogens is 3. The molecule has 0 saturated carbocycles. The molecule has 1 fully saturated rings. The highest BCUT2D eigenvalue weighted by Crippen LogP contribution is 2.26. The van der Waals surface area contributed by atoms with E-state index >= 15 is 0 Å². The molecule has 3 heterocycles. The summed E-state index contributed by atoms with van der Waals surface area (Å²) in [5.74, 6) is 1.16. The minimum absolute atomic E-state index is 0.522. The number of nitrogens with zero attached hydrogens (tertiary/aromatic N) is 3. The summed E-state index contributed by atoms with van der Waals surface area (Å²) in [7, 11) is 1.75. The molecule has 0 aromatic carbocycles. The van der Waals surface area contributed by atoms with E-state index in [0.29, 0.717) is 6.04 Å². The van der Waals surface area contributed by atoms with Crippen molar-refractivity contribution in [3.05, 3.63) is 24.2 Å². The molecule has 1 N–H and O–H groups in total. The number of rotatable bonds is 5. The minimum atomic E-state index is 0.522. The van der Waals surface area contributed by atoms with Crippen LogP contribution in [0.4, 0.5) is 0 Å². The van der Waals surface area contributed by atoms with Crippen LogP contribution >= 0.6 is 0 Å². The summed E-state index contributed by atoms with van der Waals surface area (Å²) in [5, 5.41) is 3.42. The Morgan fingerprint density at radius 3 is 3.05 bits per heavy atom.